The Balaban J connectivity index is 3.33. The lowest BCUT2D eigenvalue weighted by Gasteiger charge is -2.07. The predicted octanol–water partition coefficient (Wildman–Crippen LogP) is 3.85. The van der Waals surface area contributed by atoms with Crippen LogP contribution in [0, 0.1) is 27.4 Å². The number of allylic oxidation sites excluding steroid dienone is 1. The Morgan fingerprint density at radius 3 is 2.38 bits per heavy atom. The first kappa shape index (κ1) is 16.6. The predicted molar refractivity (Wildman–Crippen MR) is 80.6 cm³/mol. The van der Waals surface area contributed by atoms with Crippen molar-refractivity contribution in [2.45, 2.75) is 33.6 Å². The van der Waals surface area contributed by atoms with Gasteiger partial charge in [-0.1, -0.05) is 39.8 Å². The number of hydrogen-bond donors (Lipinski definition) is 0. The third kappa shape index (κ3) is 3.99. The van der Waals surface area contributed by atoms with E-state index in [-0.39, 0.29) is 28.9 Å². The number of nitro groups is 1. The van der Waals surface area contributed by atoms with E-state index in [1.165, 1.54) is 12.1 Å². The molecular weight excluding hydrogens is 268 g/mol. The number of nitro benzene ring substituents is 1. The van der Waals surface area contributed by atoms with Crippen LogP contribution in [0.15, 0.2) is 23.8 Å². The van der Waals surface area contributed by atoms with Crippen molar-refractivity contribution in [1.82, 2.24) is 0 Å². The molecule has 0 unspecified atom stereocenters. The highest BCUT2D eigenvalue weighted by molar-refractivity contribution is 6.04. The second-order valence-electron chi connectivity index (χ2n) is 5.42. The Hall–Kier alpha value is -2.48. The van der Waals surface area contributed by atoms with Crippen LogP contribution in [0.1, 0.15) is 44.7 Å². The van der Waals surface area contributed by atoms with Gasteiger partial charge in [-0.15, -0.1) is 0 Å². The molecule has 0 atom stereocenters. The molecule has 0 heterocycles. The van der Waals surface area contributed by atoms with E-state index in [1.54, 1.807) is 26.0 Å². The molecule has 5 heteroatoms. The van der Waals surface area contributed by atoms with Gasteiger partial charge >= 0.3 is 0 Å². The first-order valence-corrected chi connectivity index (χ1v) is 6.72. The molecule has 0 aliphatic heterocycles. The summed E-state index contributed by atoms with van der Waals surface area (Å²) in [7, 11) is 0. The van der Waals surface area contributed by atoms with Gasteiger partial charge in [0.2, 0.25) is 0 Å². The number of nitrogens with zero attached hydrogens (tertiary/aromatic N) is 2. The van der Waals surface area contributed by atoms with Crippen LogP contribution >= 0.6 is 0 Å². The first-order valence-electron chi connectivity index (χ1n) is 6.72. The summed E-state index contributed by atoms with van der Waals surface area (Å²) in [5.74, 6) is -0.537. The number of nitriles is 1. The van der Waals surface area contributed by atoms with Crippen LogP contribution in [-0.2, 0) is 4.79 Å². The number of carbonyl (C=O) groups is 1. The van der Waals surface area contributed by atoms with Gasteiger partial charge in [-0.05, 0) is 17.6 Å². The van der Waals surface area contributed by atoms with Crippen LogP contribution < -0.4 is 0 Å². The number of ketones is 1. The Kier molecular flexibility index (Phi) is 5.37. The van der Waals surface area contributed by atoms with Crippen LogP contribution in [-0.4, -0.2) is 10.7 Å². The average Bonchev–Trinajstić information content (AvgIpc) is 2.43. The maximum absolute atomic E-state index is 11.8. The molecule has 21 heavy (non-hydrogen) atoms. The van der Waals surface area contributed by atoms with Crippen molar-refractivity contribution < 1.29 is 9.72 Å². The molecular formula is C16H18N2O3. The van der Waals surface area contributed by atoms with Gasteiger partial charge in [0.15, 0.2) is 5.78 Å². The maximum Gasteiger partial charge on any atom is 0.273 e. The average molecular weight is 286 g/mol. The Bertz CT molecular complexity index is 637. The fourth-order valence-electron chi connectivity index (χ4n) is 1.93. The Morgan fingerprint density at radius 2 is 1.95 bits per heavy atom. The molecule has 0 bridgehead atoms. The molecule has 5 nitrogen and oxygen atoms in total. The number of carbonyl (C=O) groups excluding carboxylic acids is 1. The van der Waals surface area contributed by atoms with E-state index in [4.69, 9.17) is 5.26 Å². The number of Topliss-reactive ketones (excluding diaryl/α,β-unsaturated/α-hetero) is 1. The third-order valence-electron chi connectivity index (χ3n) is 3.09. The molecule has 0 N–H and O–H groups in total. The van der Waals surface area contributed by atoms with Gasteiger partial charge in [0.1, 0.15) is 6.07 Å². The summed E-state index contributed by atoms with van der Waals surface area (Å²) < 4.78 is 0. The third-order valence-corrected chi connectivity index (χ3v) is 3.09. The molecule has 0 fully saturated rings. The van der Waals surface area contributed by atoms with E-state index < -0.39 is 4.92 Å². The van der Waals surface area contributed by atoms with Gasteiger partial charge in [-0.25, -0.2) is 0 Å². The number of rotatable bonds is 5. The van der Waals surface area contributed by atoms with Crippen LogP contribution in [0.25, 0.3) is 6.08 Å². The fourth-order valence-corrected chi connectivity index (χ4v) is 1.93. The molecule has 1 aromatic carbocycles. The maximum atomic E-state index is 11.8. The monoisotopic (exact) mass is 286 g/mol. The molecule has 0 saturated heterocycles. The molecule has 110 valence electrons. The molecule has 0 aliphatic rings. The van der Waals surface area contributed by atoms with E-state index >= 15 is 0 Å². The second-order valence-corrected chi connectivity index (χ2v) is 5.42. The lowest BCUT2D eigenvalue weighted by molar-refractivity contribution is -0.385. The highest BCUT2D eigenvalue weighted by atomic mass is 16.6. The van der Waals surface area contributed by atoms with Gasteiger partial charge in [-0.2, -0.15) is 5.26 Å². The lowest BCUT2D eigenvalue weighted by atomic mass is 9.96. The minimum absolute atomic E-state index is 0.00744. The zero-order valence-electron chi connectivity index (χ0n) is 12.6. The quantitative estimate of drug-likeness (QED) is 0.356. The molecule has 0 aliphatic carbocycles. The smallest absolute Gasteiger partial charge is 0.273 e. The van der Waals surface area contributed by atoms with Crippen molar-refractivity contribution in [3.05, 3.63) is 45.0 Å². The summed E-state index contributed by atoms with van der Waals surface area (Å²) in [6.07, 6.45) is 1.40. The molecule has 1 rings (SSSR count). The largest absolute Gasteiger partial charge is 0.293 e. The van der Waals surface area contributed by atoms with Crippen LogP contribution in [0.4, 0.5) is 5.69 Å². The summed E-state index contributed by atoms with van der Waals surface area (Å²) in [5, 5.41) is 20.2. The molecule has 0 saturated carbocycles. The van der Waals surface area contributed by atoms with Gasteiger partial charge in [-0.3, -0.25) is 14.9 Å². The van der Waals surface area contributed by atoms with Crippen molar-refractivity contribution >= 4 is 17.5 Å². The summed E-state index contributed by atoms with van der Waals surface area (Å²) in [5.41, 5.74) is 1.13. The van der Waals surface area contributed by atoms with Crippen molar-refractivity contribution in [3.63, 3.8) is 0 Å². The van der Waals surface area contributed by atoms with E-state index in [1.807, 2.05) is 19.9 Å². The second kappa shape index (κ2) is 6.80. The fraction of sp³-hybridized carbons (Fsp3) is 0.375. The van der Waals surface area contributed by atoms with E-state index in [2.05, 4.69) is 0 Å². The lowest BCUT2D eigenvalue weighted by Crippen LogP contribution is -2.08. The molecule has 0 radical (unpaired) electrons. The summed E-state index contributed by atoms with van der Waals surface area (Å²) in [6.45, 7) is 7.16. The Morgan fingerprint density at radius 1 is 1.33 bits per heavy atom. The van der Waals surface area contributed by atoms with Crippen molar-refractivity contribution in [2.24, 2.45) is 5.92 Å². The molecule has 1 aromatic rings. The number of benzene rings is 1. The summed E-state index contributed by atoms with van der Waals surface area (Å²) in [4.78, 5) is 22.5. The zero-order valence-corrected chi connectivity index (χ0v) is 12.6. The highest BCUT2D eigenvalue weighted by Crippen LogP contribution is 2.28. The van der Waals surface area contributed by atoms with E-state index in [0.29, 0.717) is 11.1 Å². The normalized spacial score (nSPS) is 11.6. The van der Waals surface area contributed by atoms with Crippen molar-refractivity contribution in [3.8, 4) is 6.07 Å². The molecule has 0 spiro atoms. The van der Waals surface area contributed by atoms with Crippen LogP contribution in [0.2, 0.25) is 0 Å². The van der Waals surface area contributed by atoms with Crippen LogP contribution in [0.5, 0.6) is 0 Å². The van der Waals surface area contributed by atoms with E-state index in [9.17, 15) is 14.9 Å². The van der Waals surface area contributed by atoms with Crippen molar-refractivity contribution in [2.75, 3.05) is 0 Å². The summed E-state index contributed by atoms with van der Waals surface area (Å²) >= 11 is 0. The molecule has 0 aromatic heterocycles. The van der Waals surface area contributed by atoms with Gasteiger partial charge in [0, 0.05) is 17.5 Å². The topological polar surface area (TPSA) is 84.0 Å². The van der Waals surface area contributed by atoms with Gasteiger partial charge in [0.25, 0.3) is 5.69 Å². The minimum Gasteiger partial charge on any atom is -0.293 e. The number of hydrogen-bond acceptors (Lipinski definition) is 4. The van der Waals surface area contributed by atoms with E-state index in [0.717, 1.165) is 0 Å². The zero-order chi connectivity index (χ0) is 16.2. The van der Waals surface area contributed by atoms with Gasteiger partial charge in [0.05, 0.1) is 10.5 Å². The Labute approximate surface area is 124 Å². The minimum atomic E-state index is -0.441. The molecule has 0 amide bonds. The first-order chi connectivity index (χ1) is 9.77. The van der Waals surface area contributed by atoms with Crippen molar-refractivity contribution in [1.29, 1.82) is 5.26 Å². The van der Waals surface area contributed by atoms with Crippen LogP contribution in [0.3, 0.4) is 0 Å². The standard InChI is InChI=1S/C16H18N2O3/c1-10(2)14-6-5-12(8-15(14)18(20)21)7-13(9-17)16(19)11(3)4/h5-8,10-11H,1-4H3/b13-7-. The summed E-state index contributed by atoms with van der Waals surface area (Å²) in [6, 6.07) is 6.62. The SMILES string of the molecule is CC(C)C(=O)/C(C#N)=C\c1ccc(C(C)C)c([N+](=O)[O-])c1. The highest BCUT2D eigenvalue weighted by Gasteiger charge is 2.18. The van der Waals surface area contributed by atoms with Gasteiger partial charge < -0.3 is 0 Å².